The third-order valence-corrected chi connectivity index (χ3v) is 11.5. The molecule has 2 amide bonds. The lowest BCUT2D eigenvalue weighted by Crippen LogP contribution is -2.35. The number of para-hydroxylation sites is 4. The number of amidine groups is 1. The van der Waals surface area contributed by atoms with Gasteiger partial charge in [0.05, 0.1) is 22.5 Å². The van der Waals surface area contributed by atoms with Crippen molar-refractivity contribution < 1.29 is 18.4 Å². The Morgan fingerprint density at radius 1 is 0.623 bits per heavy atom. The highest BCUT2D eigenvalue weighted by atomic mass is 16.4. The lowest BCUT2D eigenvalue weighted by Gasteiger charge is -2.15. The Kier molecular flexibility index (Phi) is 12.5. The zero-order valence-corrected chi connectivity index (χ0v) is 35.3. The Balaban J connectivity index is 1.38. The molecule has 0 fully saturated rings. The molecule has 4 aromatic carbocycles. The fourth-order valence-corrected chi connectivity index (χ4v) is 8.10. The van der Waals surface area contributed by atoms with Gasteiger partial charge in [-0.1, -0.05) is 138 Å². The number of carbonyl (C=O) groups excluding carboxylic acids is 2. The number of allylic oxidation sites excluding steroid dienone is 1. The van der Waals surface area contributed by atoms with Crippen molar-refractivity contribution in [1.29, 1.82) is 0 Å². The molecule has 7 aromatic rings. The molecule has 10 nitrogen and oxygen atoms in total. The molecule has 3 aromatic heterocycles. The summed E-state index contributed by atoms with van der Waals surface area (Å²) in [6.07, 6.45) is 8.82. The standard InChI is InChI=1S/C51H52N6O4/c1-5-9-21-32(7-3)48(58)56-46-44(50-54-36-27-17-19-29-40(36)60-50)42(34-23-13-11-14-24-34)38(52-46)31-39-43(35-25-15-12-16-26-35)45(51-55-37-28-18-20-30-41(37)61-51)47(53-39)57-49(59)33(8-4)22-10-6-2/h11-20,23-33,52H,5-10,21-22H2,1-4H3,(H,56,58)(H,53,57,59). The van der Waals surface area contributed by atoms with Crippen LogP contribution in [-0.2, 0) is 9.59 Å². The maximum Gasteiger partial charge on any atom is 0.231 e. The first-order chi connectivity index (χ1) is 29.9. The normalized spacial score (nSPS) is 14.5. The van der Waals surface area contributed by atoms with Crippen LogP contribution in [0.2, 0.25) is 0 Å². The lowest BCUT2D eigenvalue weighted by molar-refractivity contribution is -0.124. The summed E-state index contributed by atoms with van der Waals surface area (Å²) in [5.41, 5.74) is 8.31. The zero-order valence-electron chi connectivity index (χ0n) is 35.3. The van der Waals surface area contributed by atoms with Crippen LogP contribution in [0.15, 0.2) is 129 Å². The van der Waals surface area contributed by atoms with Gasteiger partial charge in [-0.2, -0.15) is 0 Å². The molecule has 4 heterocycles. The average Bonchev–Trinajstić information content (AvgIpc) is 4.07. The van der Waals surface area contributed by atoms with Crippen LogP contribution in [0.4, 0.5) is 5.82 Å². The molecule has 0 radical (unpaired) electrons. The van der Waals surface area contributed by atoms with Gasteiger partial charge in [0, 0.05) is 23.0 Å². The van der Waals surface area contributed by atoms with Crippen molar-refractivity contribution in [3.05, 3.63) is 132 Å². The van der Waals surface area contributed by atoms with Crippen molar-refractivity contribution in [2.24, 2.45) is 16.8 Å². The Morgan fingerprint density at radius 2 is 1.15 bits per heavy atom. The summed E-state index contributed by atoms with van der Waals surface area (Å²) in [6, 6.07) is 35.2. The molecule has 2 unspecified atom stereocenters. The van der Waals surface area contributed by atoms with Gasteiger partial charge in [0.25, 0.3) is 0 Å². The fourth-order valence-electron chi connectivity index (χ4n) is 8.10. The summed E-state index contributed by atoms with van der Waals surface area (Å²) in [6.45, 7) is 8.36. The van der Waals surface area contributed by atoms with Crippen molar-refractivity contribution in [2.75, 3.05) is 5.32 Å². The van der Waals surface area contributed by atoms with E-state index in [0.717, 1.165) is 60.8 Å². The molecule has 1 aliphatic heterocycles. The van der Waals surface area contributed by atoms with Gasteiger partial charge in [-0.3, -0.25) is 9.59 Å². The van der Waals surface area contributed by atoms with Gasteiger partial charge in [0.2, 0.25) is 23.6 Å². The number of aromatic amines is 1. The summed E-state index contributed by atoms with van der Waals surface area (Å²) >= 11 is 0. The second-order valence-corrected chi connectivity index (χ2v) is 15.6. The third kappa shape index (κ3) is 8.62. The van der Waals surface area contributed by atoms with Gasteiger partial charge in [-0.15, -0.1) is 0 Å². The Morgan fingerprint density at radius 3 is 1.72 bits per heavy atom. The minimum atomic E-state index is -0.192. The molecular weight excluding hydrogens is 761 g/mol. The van der Waals surface area contributed by atoms with Crippen LogP contribution in [0.3, 0.4) is 0 Å². The van der Waals surface area contributed by atoms with E-state index in [2.05, 4.69) is 36.4 Å². The molecule has 0 aliphatic carbocycles. The van der Waals surface area contributed by atoms with Crippen LogP contribution in [-0.4, -0.2) is 32.6 Å². The molecule has 2 atom stereocenters. The first-order valence-electron chi connectivity index (χ1n) is 21.7. The number of aliphatic imine (C=N–C) groups is 1. The second kappa shape index (κ2) is 18.6. The predicted octanol–water partition coefficient (Wildman–Crippen LogP) is 12.5. The largest absolute Gasteiger partial charge is 0.436 e. The van der Waals surface area contributed by atoms with E-state index >= 15 is 0 Å². The Hall–Kier alpha value is -6.81. The van der Waals surface area contributed by atoms with Crippen LogP contribution in [0.5, 0.6) is 0 Å². The minimum Gasteiger partial charge on any atom is -0.436 e. The van der Waals surface area contributed by atoms with E-state index in [1.165, 1.54) is 0 Å². The number of hydrogen-bond donors (Lipinski definition) is 3. The number of carbonyl (C=O) groups is 2. The van der Waals surface area contributed by atoms with E-state index in [1.807, 2.05) is 122 Å². The molecule has 0 spiro atoms. The van der Waals surface area contributed by atoms with E-state index in [0.29, 0.717) is 81.0 Å². The Labute approximate surface area is 356 Å². The molecule has 8 rings (SSSR count). The predicted molar refractivity (Wildman–Crippen MR) is 245 cm³/mol. The van der Waals surface area contributed by atoms with Gasteiger partial charge in [-0.05, 0) is 67.2 Å². The van der Waals surface area contributed by atoms with Gasteiger partial charge in [0.1, 0.15) is 22.7 Å². The molecule has 61 heavy (non-hydrogen) atoms. The van der Waals surface area contributed by atoms with Gasteiger partial charge >= 0.3 is 0 Å². The van der Waals surface area contributed by atoms with Crippen LogP contribution < -0.4 is 10.6 Å². The van der Waals surface area contributed by atoms with Crippen LogP contribution in [0.25, 0.3) is 62.0 Å². The molecular formula is C51H52N6O4. The Bertz CT molecular complexity index is 2690. The summed E-state index contributed by atoms with van der Waals surface area (Å²) in [5, 5.41) is 6.51. The SMILES string of the molecule is CCCCC(CC)C(=O)NC1=NC(=Cc2[nH]c(NC(=O)C(CC)CCCC)c(-c3nc4ccccc4o3)c2-c2ccccc2)C(c2ccccc2)=C1c1nc2ccccc2o1. The van der Waals surface area contributed by atoms with E-state index in [9.17, 15) is 9.59 Å². The smallest absolute Gasteiger partial charge is 0.231 e. The maximum atomic E-state index is 14.1. The molecule has 0 saturated carbocycles. The van der Waals surface area contributed by atoms with Crippen molar-refractivity contribution in [3.8, 4) is 22.6 Å². The first kappa shape index (κ1) is 40.9. The third-order valence-electron chi connectivity index (χ3n) is 11.5. The number of unbranched alkanes of at least 4 members (excludes halogenated alkanes) is 2. The second-order valence-electron chi connectivity index (χ2n) is 15.6. The molecule has 0 saturated heterocycles. The summed E-state index contributed by atoms with van der Waals surface area (Å²) in [5.74, 6) is 0.998. The number of nitrogens with zero attached hydrogens (tertiary/aromatic N) is 3. The zero-order chi connectivity index (χ0) is 42.3. The van der Waals surface area contributed by atoms with E-state index in [4.69, 9.17) is 23.8 Å². The summed E-state index contributed by atoms with van der Waals surface area (Å²) in [7, 11) is 0. The van der Waals surface area contributed by atoms with Crippen molar-refractivity contribution in [2.45, 2.75) is 79.1 Å². The quantitative estimate of drug-likeness (QED) is 0.0888. The number of rotatable bonds is 16. The van der Waals surface area contributed by atoms with Gasteiger partial charge in [-0.25, -0.2) is 15.0 Å². The molecule has 3 N–H and O–H groups in total. The average molecular weight is 813 g/mol. The van der Waals surface area contributed by atoms with E-state index < -0.39 is 0 Å². The number of aromatic nitrogens is 3. The highest BCUT2D eigenvalue weighted by molar-refractivity contribution is 6.37. The van der Waals surface area contributed by atoms with Crippen molar-refractivity contribution in [1.82, 2.24) is 20.3 Å². The topological polar surface area (TPSA) is 138 Å². The van der Waals surface area contributed by atoms with Crippen molar-refractivity contribution in [3.63, 3.8) is 0 Å². The summed E-state index contributed by atoms with van der Waals surface area (Å²) < 4.78 is 13.0. The lowest BCUT2D eigenvalue weighted by atomic mass is 9.95. The molecule has 310 valence electrons. The van der Waals surface area contributed by atoms with Gasteiger partial charge < -0.3 is 24.5 Å². The number of hydrogen-bond acceptors (Lipinski definition) is 7. The molecule has 10 heteroatoms. The van der Waals surface area contributed by atoms with Crippen LogP contribution in [0, 0.1) is 11.8 Å². The van der Waals surface area contributed by atoms with E-state index in [-0.39, 0.29) is 23.7 Å². The highest BCUT2D eigenvalue weighted by Gasteiger charge is 2.34. The van der Waals surface area contributed by atoms with Gasteiger partial charge in [0.15, 0.2) is 11.2 Å². The fraction of sp³-hybridized carbons (Fsp3) is 0.275. The number of H-pyrrole nitrogens is 1. The van der Waals surface area contributed by atoms with Crippen molar-refractivity contribution >= 4 is 62.9 Å². The minimum absolute atomic E-state index is 0.0751. The molecule has 1 aliphatic rings. The van der Waals surface area contributed by atoms with Crippen LogP contribution >= 0.6 is 0 Å². The van der Waals surface area contributed by atoms with Crippen LogP contribution in [0.1, 0.15) is 96.2 Å². The number of nitrogens with one attached hydrogen (secondary N) is 3. The number of fused-ring (bicyclic) bond motifs is 2. The summed E-state index contributed by atoms with van der Waals surface area (Å²) in [4.78, 5) is 47.0. The number of benzene rings is 4. The number of anilines is 1. The number of amides is 2. The molecule has 0 bridgehead atoms. The maximum absolute atomic E-state index is 14.1. The first-order valence-corrected chi connectivity index (χ1v) is 21.7. The highest BCUT2D eigenvalue weighted by Crippen LogP contribution is 2.45. The van der Waals surface area contributed by atoms with E-state index in [1.54, 1.807) is 0 Å². The number of oxazole rings is 2. The monoisotopic (exact) mass is 812 g/mol.